The minimum absolute atomic E-state index is 0.0845. The summed E-state index contributed by atoms with van der Waals surface area (Å²) in [6, 6.07) is -0.315. The summed E-state index contributed by atoms with van der Waals surface area (Å²) in [5.74, 6) is 2.28. The van der Waals surface area contributed by atoms with Crippen molar-refractivity contribution in [3.63, 3.8) is 0 Å². The smallest absolute Gasteiger partial charge is 0.248 e. The van der Waals surface area contributed by atoms with Crippen LogP contribution in [0, 0.1) is 17.8 Å². The number of amides is 2. The van der Waals surface area contributed by atoms with Gasteiger partial charge in [-0.25, -0.2) is 4.98 Å². The van der Waals surface area contributed by atoms with Crippen LogP contribution in [0.1, 0.15) is 44.9 Å². The molecule has 4 atom stereocenters. The van der Waals surface area contributed by atoms with Gasteiger partial charge in [-0.2, -0.15) is 0 Å². The minimum atomic E-state index is -0.315. The van der Waals surface area contributed by atoms with Crippen molar-refractivity contribution in [1.82, 2.24) is 9.88 Å². The topological polar surface area (TPSA) is 62.3 Å². The first-order chi connectivity index (χ1) is 11.2. The third kappa shape index (κ3) is 3.01. The molecule has 3 aliphatic rings. The van der Waals surface area contributed by atoms with E-state index >= 15 is 0 Å². The molecule has 4 rings (SSSR count). The monoisotopic (exact) mass is 333 g/mol. The molecule has 3 fully saturated rings. The number of carbonyl (C=O) groups is 2. The number of fused-ring (bicyclic) bond motifs is 2. The molecule has 0 radical (unpaired) electrons. The number of anilines is 1. The van der Waals surface area contributed by atoms with Gasteiger partial charge < -0.3 is 10.2 Å². The van der Waals surface area contributed by atoms with Crippen molar-refractivity contribution in [3.8, 4) is 0 Å². The van der Waals surface area contributed by atoms with Crippen molar-refractivity contribution in [3.05, 3.63) is 11.6 Å². The zero-order valence-corrected chi connectivity index (χ0v) is 14.1. The Hall–Kier alpha value is -1.43. The zero-order chi connectivity index (χ0) is 15.8. The maximum Gasteiger partial charge on any atom is 0.248 e. The van der Waals surface area contributed by atoms with Crippen LogP contribution in [0.25, 0.3) is 0 Å². The zero-order valence-electron chi connectivity index (χ0n) is 13.2. The molecule has 1 aliphatic heterocycles. The maximum absolute atomic E-state index is 12.7. The van der Waals surface area contributed by atoms with E-state index in [0.717, 1.165) is 31.2 Å². The molecule has 0 spiro atoms. The first kappa shape index (κ1) is 15.1. The molecule has 1 N–H and O–H groups in total. The summed E-state index contributed by atoms with van der Waals surface area (Å²) >= 11 is 1.41. The summed E-state index contributed by atoms with van der Waals surface area (Å²) in [5, 5.41) is 5.29. The number of rotatable bonds is 4. The lowest BCUT2D eigenvalue weighted by Gasteiger charge is -2.27. The Balaban J connectivity index is 1.37. The molecule has 6 heteroatoms. The average Bonchev–Trinajstić information content (AvgIpc) is 3.31. The molecule has 5 nitrogen and oxygen atoms in total. The van der Waals surface area contributed by atoms with E-state index in [-0.39, 0.29) is 17.9 Å². The molecule has 1 aromatic heterocycles. The number of likely N-dealkylation sites (tertiary alicyclic amines) is 1. The minimum Gasteiger partial charge on any atom is -0.331 e. The number of carbonyl (C=O) groups excluding carboxylic acids is 2. The fourth-order valence-electron chi connectivity index (χ4n) is 4.78. The van der Waals surface area contributed by atoms with Crippen LogP contribution in [-0.2, 0) is 9.59 Å². The van der Waals surface area contributed by atoms with Crippen LogP contribution in [0.5, 0.6) is 0 Å². The van der Waals surface area contributed by atoms with Crippen LogP contribution in [0.15, 0.2) is 11.6 Å². The van der Waals surface area contributed by atoms with Gasteiger partial charge in [-0.05, 0) is 49.9 Å². The molecule has 23 heavy (non-hydrogen) atoms. The molecule has 2 saturated carbocycles. The first-order valence-electron chi connectivity index (χ1n) is 8.70. The molecule has 1 saturated heterocycles. The number of nitrogens with one attached hydrogen (secondary N) is 1. The second-order valence-electron chi connectivity index (χ2n) is 7.21. The summed E-state index contributed by atoms with van der Waals surface area (Å²) < 4.78 is 0. The number of hydrogen-bond acceptors (Lipinski definition) is 4. The van der Waals surface area contributed by atoms with Gasteiger partial charge in [-0.15, -0.1) is 11.3 Å². The van der Waals surface area contributed by atoms with Crippen molar-refractivity contribution in [2.75, 3.05) is 11.9 Å². The SMILES string of the molecule is O=C(Nc1nccs1)[C@H]1CCCN1C(=O)C[C@H]1C[C@H]2CC[C@H]1C2. The summed E-state index contributed by atoms with van der Waals surface area (Å²) in [7, 11) is 0. The normalized spacial score (nSPS) is 32.4. The Morgan fingerprint density at radius 3 is 2.91 bits per heavy atom. The van der Waals surface area contributed by atoms with Crippen molar-refractivity contribution in [2.45, 2.75) is 51.0 Å². The molecule has 2 amide bonds. The van der Waals surface area contributed by atoms with Gasteiger partial charge in [-0.1, -0.05) is 6.42 Å². The highest BCUT2D eigenvalue weighted by Gasteiger charge is 2.42. The third-order valence-corrected chi connectivity index (χ3v) is 6.55. The molecule has 2 aliphatic carbocycles. The van der Waals surface area contributed by atoms with Gasteiger partial charge in [-0.3, -0.25) is 9.59 Å². The lowest BCUT2D eigenvalue weighted by molar-refractivity contribution is -0.137. The third-order valence-electron chi connectivity index (χ3n) is 5.86. The highest BCUT2D eigenvalue weighted by molar-refractivity contribution is 7.13. The van der Waals surface area contributed by atoms with Crippen LogP contribution in [0.4, 0.5) is 5.13 Å². The van der Waals surface area contributed by atoms with Crippen molar-refractivity contribution in [2.24, 2.45) is 17.8 Å². The van der Waals surface area contributed by atoms with E-state index in [1.54, 1.807) is 6.20 Å². The van der Waals surface area contributed by atoms with E-state index in [2.05, 4.69) is 10.3 Å². The number of hydrogen-bond donors (Lipinski definition) is 1. The van der Waals surface area contributed by atoms with Gasteiger partial charge in [0.05, 0.1) is 0 Å². The van der Waals surface area contributed by atoms with Crippen LogP contribution in [-0.4, -0.2) is 34.3 Å². The number of nitrogens with zero attached hydrogens (tertiary/aromatic N) is 2. The second kappa shape index (κ2) is 6.23. The molecule has 0 aromatic carbocycles. The predicted octanol–water partition coefficient (Wildman–Crippen LogP) is 2.90. The van der Waals surface area contributed by atoms with E-state index < -0.39 is 0 Å². The van der Waals surface area contributed by atoms with Gasteiger partial charge in [0.25, 0.3) is 0 Å². The van der Waals surface area contributed by atoms with Crippen LogP contribution >= 0.6 is 11.3 Å². The fourth-order valence-corrected chi connectivity index (χ4v) is 5.31. The molecule has 0 unspecified atom stereocenters. The molecular weight excluding hydrogens is 310 g/mol. The Labute approximate surface area is 140 Å². The molecule has 1 aromatic rings. The lowest BCUT2D eigenvalue weighted by Crippen LogP contribution is -2.43. The van der Waals surface area contributed by atoms with Crippen molar-refractivity contribution < 1.29 is 9.59 Å². The molecule has 2 heterocycles. The van der Waals surface area contributed by atoms with E-state index in [0.29, 0.717) is 17.5 Å². The van der Waals surface area contributed by atoms with Gasteiger partial charge in [0.2, 0.25) is 11.8 Å². The molecular formula is C17H23N3O2S. The predicted molar refractivity (Wildman–Crippen MR) is 89.0 cm³/mol. The number of aromatic nitrogens is 1. The summed E-state index contributed by atoms with van der Waals surface area (Å²) in [6.07, 6.45) is 9.20. The fraction of sp³-hybridized carbons (Fsp3) is 0.706. The van der Waals surface area contributed by atoms with Crippen LogP contribution < -0.4 is 5.32 Å². The van der Waals surface area contributed by atoms with E-state index in [1.807, 2.05) is 10.3 Å². The van der Waals surface area contributed by atoms with Gasteiger partial charge >= 0.3 is 0 Å². The summed E-state index contributed by atoms with van der Waals surface area (Å²) in [6.45, 7) is 0.718. The first-order valence-corrected chi connectivity index (χ1v) is 9.58. The summed E-state index contributed by atoms with van der Waals surface area (Å²) in [4.78, 5) is 31.1. The average molecular weight is 333 g/mol. The van der Waals surface area contributed by atoms with Gasteiger partial charge in [0.15, 0.2) is 5.13 Å². The van der Waals surface area contributed by atoms with Crippen LogP contribution in [0.2, 0.25) is 0 Å². The number of thiazole rings is 1. The maximum atomic E-state index is 12.7. The molecule has 2 bridgehead atoms. The quantitative estimate of drug-likeness (QED) is 0.921. The van der Waals surface area contributed by atoms with Crippen LogP contribution in [0.3, 0.4) is 0 Å². The lowest BCUT2D eigenvalue weighted by atomic mass is 9.86. The van der Waals surface area contributed by atoms with E-state index in [9.17, 15) is 9.59 Å². The largest absolute Gasteiger partial charge is 0.331 e. The Bertz CT molecular complexity index is 589. The Morgan fingerprint density at radius 1 is 1.30 bits per heavy atom. The van der Waals surface area contributed by atoms with E-state index in [4.69, 9.17) is 0 Å². The van der Waals surface area contributed by atoms with E-state index in [1.165, 1.54) is 37.0 Å². The van der Waals surface area contributed by atoms with Gasteiger partial charge in [0, 0.05) is 24.5 Å². The Kier molecular flexibility index (Phi) is 4.09. The van der Waals surface area contributed by atoms with Crippen molar-refractivity contribution >= 4 is 28.3 Å². The van der Waals surface area contributed by atoms with Crippen molar-refractivity contribution in [1.29, 1.82) is 0 Å². The highest BCUT2D eigenvalue weighted by atomic mass is 32.1. The second-order valence-corrected chi connectivity index (χ2v) is 8.11. The Morgan fingerprint density at radius 2 is 2.22 bits per heavy atom. The summed E-state index contributed by atoms with van der Waals surface area (Å²) in [5.41, 5.74) is 0. The standard InChI is InChI=1S/C17H23N3O2S/c21-15(10-13-9-11-3-4-12(13)8-11)20-6-1-2-14(20)16(22)19-17-18-5-7-23-17/h5,7,11-14H,1-4,6,8-10H2,(H,18,19,22)/t11-,12-,13+,14+/m0/s1. The van der Waals surface area contributed by atoms with Gasteiger partial charge in [0.1, 0.15) is 6.04 Å². The highest BCUT2D eigenvalue weighted by Crippen LogP contribution is 2.49. The molecule has 124 valence electrons.